The Labute approximate surface area is 85.4 Å². The molecule has 0 radical (unpaired) electrons. The zero-order valence-electron chi connectivity index (χ0n) is 8.95. The van der Waals surface area contributed by atoms with Crippen molar-refractivity contribution in [3.05, 3.63) is 0 Å². The van der Waals surface area contributed by atoms with Gasteiger partial charge in [0, 0.05) is 7.11 Å². The lowest BCUT2D eigenvalue weighted by molar-refractivity contribution is 0.211. The molecule has 0 amide bonds. The summed E-state index contributed by atoms with van der Waals surface area (Å²) in [6.45, 7) is 2.24. The van der Waals surface area contributed by atoms with E-state index < -0.39 is 12.8 Å². The van der Waals surface area contributed by atoms with Gasteiger partial charge in [-0.05, 0) is 37.5 Å². The largest absolute Gasteiger partial charge is 0.333 e. The molecule has 2 rings (SSSR count). The maximum Gasteiger partial charge on any atom is 0.333 e. The zero-order valence-corrected chi connectivity index (χ0v) is 9.85. The van der Waals surface area contributed by atoms with Crippen LogP contribution in [0.2, 0.25) is 0 Å². The molecule has 0 aromatic carbocycles. The minimum atomic E-state index is -3.38. The van der Waals surface area contributed by atoms with Crippen LogP contribution < -0.4 is 0 Å². The quantitative estimate of drug-likeness (QED) is 0.725. The minimum absolute atomic E-state index is 0.301. The van der Waals surface area contributed by atoms with Gasteiger partial charge in [0.2, 0.25) is 0 Å². The van der Waals surface area contributed by atoms with Crippen LogP contribution in [0.5, 0.6) is 0 Å². The second-order valence-corrected chi connectivity index (χ2v) is 7.62. The van der Waals surface area contributed by atoms with Crippen molar-refractivity contribution < 1.29 is 14.0 Å². The predicted molar refractivity (Wildman–Crippen MR) is 55.4 cm³/mol. The maximum absolute atomic E-state index is 12.0. The average molecular weight is 218 g/mol. The average Bonchev–Trinajstić information content (AvgIpc) is 2.38. The molecule has 0 aromatic rings. The lowest BCUT2D eigenvalue weighted by Gasteiger charge is -2.38. The van der Waals surface area contributed by atoms with Gasteiger partial charge in [0.1, 0.15) is 0 Å². The summed E-state index contributed by atoms with van der Waals surface area (Å²) in [7, 11) is -2.02. The highest BCUT2D eigenvalue weighted by molar-refractivity contribution is 7.54. The fourth-order valence-corrected chi connectivity index (χ4v) is 5.16. The van der Waals surface area contributed by atoms with Crippen LogP contribution >= 0.6 is 7.60 Å². The van der Waals surface area contributed by atoms with E-state index in [4.69, 9.17) is 4.52 Å². The Kier molecular flexibility index (Phi) is 2.34. The van der Waals surface area contributed by atoms with Gasteiger partial charge in [-0.25, -0.2) is 0 Å². The van der Waals surface area contributed by atoms with Gasteiger partial charge in [-0.15, -0.1) is 0 Å². The van der Waals surface area contributed by atoms with Crippen molar-refractivity contribution in [1.82, 2.24) is 0 Å². The third-order valence-electron chi connectivity index (χ3n) is 4.22. The molecule has 4 heteroatoms. The molecule has 2 fully saturated rings. The summed E-state index contributed by atoms with van der Waals surface area (Å²) in [6.07, 6.45) is 5.97. The summed E-state index contributed by atoms with van der Waals surface area (Å²) in [5.41, 5.74) is 0.301. The van der Waals surface area contributed by atoms with E-state index in [1.54, 1.807) is 0 Å². The van der Waals surface area contributed by atoms with Gasteiger partial charge >= 0.3 is 7.60 Å². The van der Waals surface area contributed by atoms with E-state index in [9.17, 15) is 9.46 Å². The number of hydrogen-bond donors (Lipinski definition) is 1. The second-order valence-electron chi connectivity index (χ2n) is 5.27. The monoisotopic (exact) mass is 218 g/mol. The Morgan fingerprint density at radius 2 is 2.00 bits per heavy atom. The summed E-state index contributed by atoms with van der Waals surface area (Å²) in [5.74, 6) is 0. The van der Waals surface area contributed by atoms with E-state index in [0.29, 0.717) is 5.41 Å². The van der Waals surface area contributed by atoms with Crippen molar-refractivity contribution in [2.45, 2.75) is 50.6 Å². The molecule has 3 atom stereocenters. The molecular weight excluding hydrogens is 199 g/mol. The topological polar surface area (TPSA) is 46.5 Å². The summed E-state index contributed by atoms with van der Waals surface area (Å²) in [4.78, 5) is 9.87. The third-order valence-corrected chi connectivity index (χ3v) is 6.52. The van der Waals surface area contributed by atoms with Crippen LogP contribution in [0.1, 0.15) is 45.4 Å². The van der Waals surface area contributed by atoms with Crippen molar-refractivity contribution >= 4 is 7.60 Å². The molecule has 0 heterocycles. The van der Waals surface area contributed by atoms with Gasteiger partial charge in [0.15, 0.2) is 0 Å². The van der Waals surface area contributed by atoms with Gasteiger partial charge < -0.3 is 9.42 Å². The van der Waals surface area contributed by atoms with Crippen LogP contribution in [-0.2, 0) is 9.09 Å². The van der Waals surface area contributed by atoms with Crippen LogP contribution in [0.25, 0.3) is 0 Å². The molecule has 82 valence electrons. The standard InChI is InChI=1S/C10H19O3P/c1-9-4-3-5-10(8-9,7-6-9)14(11,12)13-2/h3-8H2,1-2H3,(H,11,12). The summed E-state index contributed by atoms with van der Waals surface area (Å²) < 4.78 is 16.8. The molecule has 14 heavy (non-hydrogen) atoms. The third kappa shape index (κ3) is 1.37. The molecule has 0 aliphatic heterocycles. The van der Waals surface area contributed by atoms with Crippen molar-refractivity contribution in [2.75, 3.05) is 7.11 Å². The SMILES string of the molecule is COP(=O)(O)C12CCCC(C)(CC1)C2. The van der Waals surface area contributed by atoms with Gasteiger partial charge in [-0.3, -0.25) is 4.57 Å². The van der Waals surface area contributed by atoms with E-state index in [2.05, 4.69) is 6.92 Å². The predicted octanol–water partition coefficient (Wildman–Crippen LogP) is 2.93. The highest BCUT2D eigenvalue weighted by atomic mass is 31.2. The number of fused-ring (bicyclic) bond motifs is 2. The molecule has 3 nitrogen and oxygen atoms in total. The number of rotatable bonds is 2. The smallest absolute Gasteiger partial charge is 0.324 e. The molecule has 2 aliphatic rings. The first-order chi connectivity index (χ1) is 6.43. The molecule has 1 N–H and O–H groups in total. The fourth-order valence-electron chi connectivity index (χ4n) is 3.35. The van der Waals surface area contributed by atoms with E-state index in [-0.39, 0.29) is 0 Å². The maximum atomic E-state index is 12.0. The molecule has 2 aliphatic carbocycles. The zero-order chi connectivity index (χ0) is 10.4. The van der Waals surface area contributed by atoms with Crippen molar-refractivity contribution in [1.29, 1.82) is 0 Å². The van der Waals surface area contributed by atoms with Crippen LogP contribution in [0.15, 0.2) is 0 Å². The lowest BCUT2D eigenvalue weighted by Crippen LogP contribution is -2.32. The normalized spacial score (nSPS) is 46.2. The first-order valence-electron chi connectivity index (χ1n) is 5.32. The Morgan fingerprint density at radius 3 is 2.64 bits per heavy atom. The molecular formula is C10H19O3P. The van der Waals surface area contributed by atoms with E-state index in [1.807, 2.05) is 0 Å². The van der Waals surface area contributed by atoms with Crippen LogP contribution in [0.4, 0.5) is 0 Å². The highest BCUT2D eigenvalue weighted by Gasteiger charge is 2.58. The Balaban J connectivity index is 2.30. The first kappa shape index (κ1) is 10.7. The van der Waals surface area contributed by atoms with E-state index in [0.717, 1.165) is 32.1 Å². The Hall–Kier alpha value is 0.150. The van der Waals surface area contributed by atoms with Crippen molar-refractivity contribution in [3.63, 3.8) is 0 Å². The minimum Gasteiger partial charge on any atom is -0.324 e. The van der Waals surface area contributed by atoms with Gasteiger partial charge in [-0.1, -0.05) is 13.3 Å². The second kappa shape index (κ2) is 3.07. The molecule has 2 saturated carbocycles. The first-order valence-corrected chi connectivity index (χ1v) is 6.90. The van der Waals surface area contributed by atoms with Crippen LogP contribution in [0, 0.1) is 5.41 Å². The molecule has 0 spiro atoms. The van der Waals surface area contributed by atoms with Gasteiger partial charge in [0.05, 0.1) is 5.16 Å². The molecule has 0 saturated heterocycles. The molecule has 3 unspecified atom stereocenters. The van der Waals surface area contributed by atoms with Crippen LogP contribution in [-0.4, -0.2) is 17.2 Å². The Bertz CT molecular complexity index is 291. The summed E-state index contributed by atoms with van der Waals surface area (Å²) >= 11 is 0. The Morgan fingerprint density at radius 1 is 1.29 bits per heavy atom. The summed E-state index contributed by atoms with van der Waals surface area (Å²) in [5, 5.41) is -0.408. The fraction of sp³-hybridized carbons (Fsp3) is 1.00. The molecule has 2 bridgehead atoms. The van der Waals surface area contributed by atoms with Crippen LogP contribution in [0.3, 0.4) is 0 Å². The van der Waals surface area contributed by atoms with E-state index >= 15 is 0 Å². The highest BCUT2D eigenvalue weighted by Crippen LogP contribution is 2.70. The van der Waals surface area contributed by atoms with Gasteiger partial charge in [0.25, 0.3) is 0 Å². The van der Waals surface area contributed by atoms with Crippen molar-refractivity contribution in [3.8, 4) is 0 Å². The molecule has 0 aromatic heterocycles. The van der Waals surface area contributed by atoms with Gasteiger partial charge in [-0.2, -0.15) is 0 Å². The van der Waals surface area contributed by atoms with Crippen molar-refractivity contribution in [2.24, 2.45) is 5.41 Å². The van der Waals surface area contributed by atoms with E-state index in [1.165, 1.54) is 13.5 Å². The summed E-state index contributed by atoms with van der Waals surface area (Å²) in [6, 6.07) is 0. The lowest BCUT2D eigenvalue weighted by atomic mass is 9.77. The number of hydrogen-bond acceptors (Lipinski definition) is 2.